The van der Waals surface area contributed by atoms with Gasteiger partial charge in [0.05, 0.1) is 18.6 Å². The van der Waals surface area contributed by atoms with Crippen LogP contribution >= 0.6 is 15.9 Å². The topological polar surface area (TPSA) is 61.8 Å². The molecule has 0 aliphatic carbocycles. The van der Waals surface area contributed by atoms with E-state index in [4.69, 9.17) is 9.78 Å². The molecule has 3 rings (SSSR count). The lowest BCUT2D eigenvalue weighted by Gasteiger charge is -2.14. The molecule has 0 saturated heterocycles. The molecule has 0 atom stereocenters. The van der Waals surface area contributed by atoms with E-state index in [-0.39, 0.29) is 4.90 Å². The summed E-state index contributed by atoms with van der Waals surface area (Å²) in [7, 11) is -2.40. The van der Waals surface area contributed by atoms with Gasteiger partial charge in [-0.2, -0.15) is 13.3 Å². The maximum atomic E-state index is 11.1. The molecule has 0 radical (unpaired) electrons. The van der Waals surface area contributed by atoms with Crippen LogP contribution in [-0.2, 0) is 25.6 Å². The Hall–Kier alpha value is -1.41. The second-order valence-corrected chi connectivity index (χ2v) is 6.97. The van der Waals surface area contributed by atoms with Gasteiger partial charge in [0.2, 0.25) is 0 Å². The zero-order chi connectivity index (χ0) is 16.0. The first-order chi connectivity index (χ1) is 10.5. The number of para-hydroxylation sites is 1. The molecule has 0 bridgehead atoms. The highest BCUT2D eigenvalue weighted by Crippen LogP contribution is 2.21. The summed E-state index contributed by atoms with van der Waals surface area (Å²) in [4.78, 5) is 9.88. The molecule has 1 heterocycles. The van der Waals surface area contributed by atoms with E-state index in [0.717, 1.165) is 23.8 Å². The Morgan fingerprint density at radius 3 is 2.41 bits per heavy atom. The summed E-state index contributed by atoms with van der Waals surface area (Å²) in [5.41, 5.74) is 1.23. The third kappa shape index (κ3) is 4.54. The molecular formula is C15H15BrO5S. The van der Waals surface area contributed by atoms with Gasteiger partial charge in [-0.05, 0) is 30.3 Å². The minimum atomic E-state index is -3.54. The minimum Gasteiger partial charge on any atom is -0.337 e. The summed E-state index contributed by atoms with van der Waals surface area (Å²) in [6.45, 7) is 0.664. The van der Waals surface area contributed by atoms with E-state index < -0.39 is 10.1 Å². The molecule has 2 aromatic rings. The van der Waals surface area contributed by atoms with Crippen molar-refractivity contribution in [1.29, 1.82) is 0 Å². The highest BCUT2D eigenvalue weighted by molar-refractivity contribution is 9.10. The van der Waals surface area contributed by atoms with Crippen LogP contribution < -0.4 is 4.89 Å². The first-order valence-corrected chi connectivity index (χ1v) is 8.66. The van der Waals surface area contributed by atoms with Gasteiger partial charge in [-0.15, -0.1) is 0 Å². The predicted molar refractivity (Wildman–Crippen MR) is 85.1 cm³/mol. The molecule has 5 nitrogen and oxygen atoms in total. The lowest BCUT2D eigenvalue weighted by Crippen LogP contribution is -2.10. The van der Waals surface area contributed by atoms with E-state index in [1.165, 1.54) is 17.7 Å². The lowest BCUT2D eigenvalue weighted by atomic mass is 10.1. The average molecular weight is 387 g/mol. The van der Waals surface area contributed by atoms with Gasteiger partial charge in [0.25, 0.3) is 10.1 Å². The maximum absolute atomic E-state index is 11.1. The first kappa shape index (κ1) is 17.0. The minimum absolute atomic E-state index is 0.160. The van der Waals surface area contributed by atoms with Crippen LogP contribution in [-0.4, -0.2) is 22.1 Å². The number of fused-ring (bicyclic) bond motifs is 1. The van der Waals surface area contributed by atoms with E-state index in [0.29, 0.717) is 6.61 Å². The number of benzene rings is 2. The number of hydrogen-bond donors (Lipinski definition) is 0. The molecule has 1 aliphatic heterocycles. The fourth-order valence-corrected chi connectivity index (χ4v) is 2.67. The zero-order valence-electron chi connectivity index (χ0n) is 11.9. The van der Waals surface area contributed by atoms with Crippen molar-refractivity contribution in [3.63, 3.8) is 0 Å². The van der Waals surface area contributed by atoms with Crippen molar-refractivity contribution in [2.75, 3.05) is 13.7 Å². The van der Waals surface area contributed by atoms with Crippen LogP contribution in [0.3, 0.4) is 0 Å². The Kier molecular flexibility index (Phi) is 5.96. The third-order valence-electron chi connectivity index (χ3n) is 2.90. The van der Waals surface area contributed by atoms with Crippen LogP contribution in [0.4, 0.5) is 0 Å². The monoisotopic (exact) mass is 386 g/mol. The van der Waals surface area contributed by atoms with E-state index in [2.05, 4.69) is 26.2 Å². The fourth-order valence-electron chi connectivity index (χ4n) is 1.75. The first-order valence-electron chi connectivity index (χ1n) is 6.46. The van der Waals surface area contributed by atoms with Crippen molar-refractivity contribution in [2.24, 2.45) is 0 Å². The van der Waals surface area contributed by atoms with Crippen molar-refractivity contribution in [2.45, 2.75) is 11.3 Å². The lowest BCUT2D eigenvalue weighted by molar-refractivity contribution is -0.215. The van der Waals surface area contributed by atoms with Crippen molar-refractivity contribution in [3.05, 3.63) is 58.6 Å². The second-order valence-electron chi connectivity index (χ2n) is 4.34. The summed E-state index contributed by atoms with van der Waals surface area (Å²) in [5, 5.41) is 0. The van der Waals surface area contributed by atoms with Gasteiger partial charge in [0.1, 0.15) is 0 Å². The van der Waals surface area contributed by atoms with Crippen LogP contribution in [0, 0.1) is 0 Å². The van der Waals surface area contributed by atoms with Gasteiger partial charge in [0.15, 0.2) is 5.75 Å². The Morgan fingerprint density at radius 1 is 1.09 bits per heavy atom. The predicted octanol–water partition coefficient (Wildman–Crippen LogP) is 3.34. The average Bonchev–Trinajstić information content (AvgIpc) is 2.56. The number of hydrogen-bond acceptors (Lipinski definition) is 5. The molecule has 0 fully saturated rings. The van der Waals surface area contributed by atoms with Gasteiger partial charge in [-0.25, -0.2) is 0 Å². The third-order valence-corrected chi connectivity index (χ3v) is 4.71. The molecule has 7 heteroatoms. The molecule has 0 amide bonds. The van der Waals surface area contributed by atoms with Gasteiger partial charge in [-0.3, -0.25) is 4.18 Å². The molecule has 0 saturated carbocycles. The van der Waals surface area contributed by atoms with Gasteiger partial charge < -0.3 is 4.89 Å². The van der Waals surface area contributed by atoms with Crippen LogP contribution in [0.15, 0.2) is 57.9 Å². The molecule has 0 unspecified atom stereocenters. The van der Waals surface area contributed by atoms with Crippen LogP contribution in [0.25, 0.3) is 0 Å². The summed E-state index contributed by atoms with van der Waals surface area (Å²) < 4.78 is 27.3. The Balaban J connectivity index is 0.000000162. The smallest absolute Gasteiger partial charge is 0.296 e. The highest BCUT2D eigenvalue weighted by Gasteiger charge is 2.11. The van der Waals surface area contributed by atoms with Crippen LogP contribution in [0.5, 0.6) is 5.75 Å². The molecule has 0 spiro atoms. The molecule has 1 aliphatic rings. The van der Waals surface area contributed by atoms with Gasteiger partial charge >= 0.3 is 0 Å². The highest BCUT2D eigenvalue weighted by atomic mass is 79.9. The molecule has 22 heavy (non-hydrogen) atoms. The second kappa shape index (κ2) is 7.73. The zero-order valence-corrected chi connectivity index (χ0v) is 14.3. The Morgan fingerprint density at radius 2 is 1.77 bits per heavy atom. The maximum Gasteiger partial charge on any atom is 0.296 e. The molecular weight excluding hydrogens is 372 g/mol. The van der Waals surface area contributed by atoms with Gasteiger partial charge in [-0.1, -0.05) is 34.1 Å². The summed E-state index contributed by atoms with van der Waals surface area (Å²) in [5.74, 6) is 0.855. The van der Waals surface area contributed by atoms with E-state index in [9.17, 15) is 8.42 Å². The van der Waals surface area contributed by atoms with E-state index in [1.807, 2.05) is 18.2 Å². The van der Waals surface area contributed by atoms with Crippen molar-refractivity contribution in [1.82, 2.24) is 0 Å². The van der Waals surface area contributed by atoms with E-state index >= 15 is 0 Å². The van der Waals surface area contributed by atoms with Gasteiger partial charge in [0, 0.05) is 16.5 Å². The van der Waals surface area contributed by atoms with Crippen LogP contribution in [0.2, 0.25) is 0 Å². The summed E-state index contributed by atoms with van der Waals surface area (Å²) >= 11 is 3.20. The van der Waals surface area contributed by atoms with Crippen molar-refractivity contribution < 1.29 is 22.4 Å². The summed E-state index contributed by atoms with van der Waals surface area (Å²) in [6.07, 6.45) is 0.955. The molecule has 0 N–H and O–H groups in total. The van der Waals surface area contributed by atoms with Crippen molar-refractivity contribution in [3.8, 4) is 5.75 Å². The largest absolute Gasteiger partial charge is 0.337 e. The number of halogens is 1. The normalized spacial score (nSPS) is 13.4. The van der Waals surface area contributed by atoms with Crippen LogP contribution in [0.1, 0.15) is 5.56 Å². The quantitative estimate of drug-likeness (QED) is 0.584. The Bertz CT molecular complexity index is 688. The summed E-state index contributed by atoms with van der Waals surface area (Å²) in [6, 6.07) is 14.1. The van der Waals surface area contributed by atoms with E-state index in [1.54, 1.807) is 12.1 Å². The molecule has 118 valence electrons. The Labute approximate surface area is 138 Å². The van der Waals surface area contributed by atoms with Crippen molar-refractivity contribution >= 4 is 26.0 Å². The number of rotatable bonds is 2. The fraction of sp³-hybridized carbons (Fsp3) is 0.200. The SMILES string of the molecule is COS(=O)(=O)c1ccc(Br)cc1.c1ccc2c(c1)CCOO2. The molecule has 0 aromatic heterocycles. The molecule has 2 aromatic carbocycles. The standard InChI is InChI=1S/C8H8O2.C7H7BrO3S/c1-2-4-8-7(3-1)5-6-9-10-8;1-11-12(9,10)7-4-2-6(8)3-5-7/h1-4H,5-6H2;2-5H,1H3.